The number of nitrogens with one attached hydrogen (secondary N) is 1. The van der Waals surface area contributed by atoms with E-state index in [9.17, 15) is 18.8 Å². The van der Waals surface area contributed by atoms with Gasteiger partial charge in [-0.1, -0.05) is 72.8 Å². The second-order valence-electron chi connectivity index (χ2n) is 12.1. The van der Waals surface area contributed by atoms with Gasteiger partial charge in [-0.15, -0.1) is 0 Å². The Labute approximate surface area is 266 Å². The summed E-state index contributed by atoms with van der Waals surface area (Å²) in [5, 5.41) is 2.67. The number of benzene rings is 3. The molecule has 1 aliphatic carbocycles. The minimum absolute atomic E-state index is 0.195. The molecule has 0 aromatic heterocycles. The third-order valence-corrected chi connectivity index (χ3v) is 8.92. The van der Waals surface area contributed by atoms with Crippen LogP contribution in [0.15, 0.2) is 84.9 Å². The first kappa shape index (κ1) is 33.6. The van der Waals surface area contributed by atoms with Crippen LogP contribution in [0.25, 0.3) is 11.1 Å². The number of carbonyl (C=O) groups is 3. The molecule has 4 rings (SSSR count). The van der Waals surface area contributed by atoms with E-state index in [1.54, 1.807) is 31.0 Å². The molecule has 0 radical (unpaired) electrons. The minimum Gasteiger partial charge on any atom is -0.357 e. The van der Waals surface area contributed by atoms with Gasteiger partial charge in [-0.2, -0.15) is 0 Å². The summed E-state index contributed by atoms with van der Waals surface area (Å²) in [5.74, 6) is -1.31. The Bertz CT molecular complexity index is 1500. The standard InChI is InChI=1S/C37H45FN4O3/c1-5-42(34(43)13-9-20-37(39)21-10-22-37)33(24-27-14-17-30(18-15-27)29-11-7-6-8-12-29)36(45)41(4)32(35(44)40-3)25-28-16-19-31(38)26(2)23-28/h6-9,11-19,23,32-33H,5,10,20-22,24-25,39H2,1-4H3,(H,40,44)/b13-9+/t32-,33-/m1/s1. The molecule has 45 heavy (non-hydrogen) atoms. The van der Waals surface area contributed by atoms with Crippen molar-refractivity contribution in [3.05, 3.63) is 107 Å². The summed E-state index contributed by atoms with van der Waals surface area (Å²) in [6.45, 7) is 3.81. The molecule has 7 nitrogen and oxygen atoms in total. The number of likely N-dealkylation sites (N-methyl/N-ethyl adjacent to an activating group) is 3. The van der Waals surface area contributed by atoms with Crippen LogP contribution in [0.2, 0.25) is 0 Å². The van der Waals surface area contributed by atoms with Gasteiger partial charge in [0.15, 0.2) is 0 Å². The number of halogens is 1. The van der Waals surface area contributed by atoms with Gasteiger partial charge in [0.25, 0.3) is 0 Å². The van der Waals surface area contributed by atoms with E-state index in [0.717, 1.165) is 41.5 Å². The van der Waals surface area contributed by atoms with Crippen LogP contribution in [0.4, 0.5) is 4.39 Å². The maximum absolute atomic E-state index is 14.4. The van der Waals surface area contributed by atoms with Gasteiger partial charge < -0.3 is 20.9 Å². The van der Waals surface area contributed by atoms with Crippen molar-refractivity contribution in [3.63, 3.8) is 0 Å². The largest absolute Gasteiger partial charge is 0.357 e. The molecule has 0 spiro atoms. The fourth-order valence-corrected chi connectivity index (χ4v) is 5.89. The molecule has 2 atom stereocenters. The fraction of sp³-hybridized carbons (Fsp3) is 0.378. The van der Waals surface area contributed by atoms with Gasteiger partial charge in [-0.05, 0) is 79.5 Å². The third kappa shape index (κ3) is 8.45. The van der Waals surface area contributed by atoms with Gasteiger partial charge in [0.1, 0.15) is 17.9 Å². The Morgan fingerprint density at radius 2 is 1.58 bits per heavy atom. The zero-order chi connectivity index (χ0) is 32.6. The summed E-state index contributed by atoms with van der Waals surface area (Å²) < 4.78 is 14.0. The van der Waals surface area contributed by atoms with E-state index in [4.69, 9.17) is 5.73 Å². The van der Waals surface area contributed by atoms with Crippen molar-refractivity contribution < 1.29 is 18.8 Å². The first-order valence-corrected chi connectivity index (χ1v) is 15.7. The van der Waals surface area contributed by atoms with Gasteiger partial charge >= 0.3 is 0 Å². The molecule has 3 amide bonds. The molecule has 0 bridgehead atoms. The van der Waals surface area contributed by atoms with Crippen LogP contribution >= 0.6 is 0 Å². The van der Waals surface area contributed by atoms with E-state index in [1.807, 2.05) is 67.6 Å². The fourth-order valence-electron chi connectivity index (χ4n) is 5.89. The van der Waals surface area contributed by atoms with Gasteiger partial charge in [0.2, 0.25) is 17.7 Å². The van der Waals surface area contributed by atoms with Gasteiger partial charge in [0, 0.05) is 39.0 Å². The van der Waals surface area contributed by atoms with E-state index in [-0.39, 0.29) is 41.9 Å². The first-order chi connectivity index (χ1) is 21.5. The van der Waals surface area contributed by atoms with Crippen LogP contribution in [0, 0.1) is 12.7 Å². The SMILES string of the molecule is CCN(C(=O)/C=C/CC1(N)CCC1)[C@H](Cc1ccc(-c2ccccc2)cc1)C(=O)N(C)[C@H](Cc1ccc(F)c(C)c1)C(=O)NC. The molecule has 8 heteroatoms. The molecule has 1 fully saturated rings. The van der Waals surface area contributed by atoms with Crippen LogP contribution in [0.3, 0.4) is 0 Å². The van der Waals surface area contributed by atoms with E-state index in [1.165, 1.54) is 24.1 Å². The number of carbonyl (C=O) groups excluding carboxylic acids is 3. The van der Waals surface area contributed by atoms with E-state index in [2.05, 4.69) is 5.32 Å². The summed E-state index contributed by atoms with van der Waals surface area (Å²) in [6, 6.07) is 20.9. The van der Waals surface area contributed by atoms with Crippen molar-refractivity contribution in [2.45, 2.75) is 70.0 Å². The van der Waals surface area contributed by atoms with Crippen LogP contribution in [-0.4, -0.2) is 65.8 Å². The summed E-state index contributed by atoms with van der Waals surface area (Å²) in [4.78, 5) is 44.1. The number of nitrogens with two attached hydrogens (primary N) is 1. The third-order valence-electron chi connectivity index (χ3n) is 8.92. The molecule has 0 heterocycles. The molecule has 1 saturated carbocycles. The highest BCUT2D eigenvalue weighted by Crippen LogP contribution is 2.32. The van der Waals surface area contributed by atoms with Gasteiger partial charge in [-0.25, -0.2) is 4.39 Å². The average Bonchev–Trinajstić information content (AvgIpc) is 3.04. The molecular weight excluding hydrogens is 567 g/mol. The summed E-state index contributed by atoms with van der Waals surface area (Å²) in [6.07, 6.45) is 7.36. The highest BCUT2D eigenvalue weighted by Gasteiger charge is 2.36. The smallest absolute Gasteiger partial charge is 0.246 e. The monoisotopic (exact) mass is 612 g/mol. The zero-order valence-electron chi connectivity index (χ0n) is 26.8. The summed E-state index contributed by atoms with van der Waals surface area (Å²) >= 11 is 0. The Hall–Kier alpha value is -4.30. The highest BCUT2D eigenvalue weighted by molar-refractivity contribution is 5.95. The van der Waals surface area contributed by atoms with Gasteiger partial charge in [-0.3, -0.25) is 14.4 Å². The molecule has 3 aromatic rings. The number of amides is 3. The van der Waals surface area contributed by atoms with Crippen molar-refractivity contribution >= 4 is 17.7 Å². The number of nitrogens with zero attached hydrogens (tertiary/aromatic N) is 2. The molecule has 0 saturated heterocycles. The van der Waals surface area contributed by atoms with Crippen LogP contribution in [-0.2, 0) is 27.2 Å². The summed E-state index contributed by atoms with van der Waals surface area (Å²) in [5.41, 5.74) is 10.3. The van der Waals surface area contributed by atoms with Crippen LogP contribution in [0.1, 0.15) is 49.3 Å². The van der Waals surface area contributed by atoms with Crippen molar-refractivity contribution in [1.29, 1.82) is 0 Å². The second kappa shape index (κ2) is 15.1. The molecule has 238 valence electrons. The molecular formula is C37H45FN4O3. The Balaban J connectivity index is 1.63. The number of hydrogen-bond donors (Lipinski definition) is 2. The van der Waals surface area contributed by atoms with E-state index < -0.39 is 12.1 Å². The predicted octanol–water partition coefficient (Wildman–Crippen LogP) is 5.20. The molecule has 3 N–H and O–H groups in total. The highest BCUT2D eigenvalue weighted by atomic mass is 19.1. The second-order valence-corrected chi connectivity index (χ2v) is 12.1. The molecule has 1 aliphatic rings. The topological polar surface area (TPSA) is 95.7 Å². The van der Waals surface area contributed by atoms with Gasteiger partial charge in [0.05, 0.1) is 0 Å². The molecule has 0 unspecified atom stereocenters. The average molecular weight is 613 g/mol. The minimum atomic E-state index is -0.865. The predicted molar refractivity (Wildman–Crippen MR) is 177 cm³/mol. The number of aryl methyl sites for hydroxylation is 1. The lowest BCUT2D eigenvalue weighted by Gasteiger charge is -2.37. The number of rotatable bonds is 13. The lowest BCUT2D eigenvalue weighted by molar-refractivity contribution is -0.146. The maximum atomic E-state index is 14.4. The van der Waals surface area contributed by atoms with Crippen molar-refractivity contribution in [2.24, 2.45) is 5.73 Å². The molecule has 3 aromatic carbocycles. The maximum Gasteiger partial charge on any atom is 0.246 e. The lowest BCUT2D eigenvalue weighted by atomic mass is 9.75. The normalized spacial score (nSPS) is 15.2. The Morgan fingerprint density at radius 3 is 2.16 bits per heavy atom. The van der Waals surface area contributed by atoms with Crippen LogP contribution < -0.4 is 11.1 Å². The Morgan fingerprint density at radius 1 is 0.956 bits per heavy atom. The van der Waals surface area contributed by atoms with Crippen molar-refractivity contribution in [3.8, 4) is 11.1 Å². The number of hydrogen-bond acceptors (Lipinski definition) is 4. The van der Waals surface area contributed by atoms with Crippen molar-refractivity contribution in [1.82, 2.24) is 15.1 Å². The quantitative estimate of drug-likeness (QED) is 0.259. The first-order valence-electron chi connectivity index (χ1n) is 15.7. The van der Waals surface area contributed by atoms with E-state index >= 15 is 0 Å². The van der Waals surface area contributed by atoms with Crippen molar-refractivity contribution in [2.75, 3.05) is 20.6 Å². The zero-order valence-corrected chi connectivity index (χ0v) is 26.8. The summed E-state index contributed by atoms with van der Waals surface area (Å²) in [7, 11) is 3.11. The van der Waals surface area contributed by atoms with Crippen LogP contribution in [0.5, 0.6) is 0 Å². The van der Waals surface area contributed by atoms with E-state index in [0.29, 0.717) is 18.5 Å². The lowest BCUT2D eigenvalue weighted by Crippen LogP contribution is -2.56. The molecule has 0 aliphatic heterocycles. The Kier molecular flexibility index (Phi) is 11.3.